The fraction of sp³-hybridized carbons (Fsp3) is 0.371. The first-order valence-electron chi connectivity index (χ1n) is 15.6. The number of allylic oxidation sites excluding steroid dienone is 1. The summed E-state index contributed by atoms with van der Waals surface area (Å²) in [7, 11) is 3.10. The van der Waals surface area contributed by atoms with E-state index in [0.717, 1.165) is 12.2 Å². The van der Waals surface area contributed by atoms with Crippen LogP contribution >= 0.6 is 18.5 Å². The summed E-state index contributed by atoms with van der Waals surface area (Å²) in [5.41, 5.74) is 1.17. The predicted molar refractivity (Wildman–Crippen MR) is 192 cm³/mol. The van der Waals surface area contributed by atoms with Gasteiger partial charge in [-0.05, 0) is 105 Å². The summed E-state index contributed by atoms with van der Waals surface area (Å²) >= 11 is 0. The number of aromatic nitrogens is 1. The Hall–Kier alpha value is -3.72. The van der Waals surface area contributed by atoms with Crippen LogP contribution in [0.15, 0.2) is 71.8 Å². The molecule has 260 valence electrons. The number of ether oxygens (including phenoxy) is 2. The lowest BCUT2D eigenvalue weighted by Crippen LogP contribution is -2.48. The van der Waals surface area contributed by atoms with Gasteiger partial charge in [-0.25, -0.2) is 22.6 Å². The van der Waals surface area contributed by atoms with E-state index in [1.165, 1.54) is 37.6 Å². The molecule has 0 aliphatic heterocycles. The molecule has 2 aromatic carbocycles. The van der Waals surface area contributed by atoms with E-state index >= 15 is 0 Å². The number of alkyl halides is 1. The van der Waals surface area contributed by atoms with Gasteiger partial charge < -0.3 is 19.7 Å². The molecule has 10 nitrogen and oxygen atoms in total. The molecule has 0 spiro atoms. The maximum absolute atomic E-state index is 14.5. The normalized spacial score (nSPS) is 21.2. The van der Waals surface area contributed by atoms with Gasteiger partial charge in [0.25, 0.3) is 5.91 Å². The second-order valence-corrected chi connectivity index (χ2v) is 17.9. The molecule has 2 amide bonds. The number of pyridine rings is 1. The van der Waals surface area contributed by atoms with Crippen LogP contribution in [0.3, 0.4) is 0 Å². The maximum Gasteiger partial charge on any atom is 0.357 e. The number of nitrogens with one attached hydrogen (secondary N) is 1. The number of carbonyl (C=O) groups excluding carboxylic acids is 3. The van der Waals surface area contributed by atoms with Gasteiger partial charge in [-0.1, -0.05) is 27.5 Å². The highest BCUT2D eigenvalue weighted by Gasteiger charge is 2.51. The van der Waals surface area contributed by atoms with Crippen molar-refractivity contribution in [2.24, 2.45) is 17.8 Å². The van der Waals surface area contributed by atoms with Crippen molar-refractivity contribution in [3.63, 3.8) is 0 Å². The lowest BCUT2D eigenvalue weighted by molar-refractivity contribution is -0.122. The lowest BCUT2D eigenvalue weighted by atomic mass is 9.86. The SMILES string of the molecule is COc1cc(P)c(-c2ccnc(C(=O)OC(C)(C)C)c2)cc1C(=O)N(C)[C@H]1[C@@H](C(=O)Nc2cccc(S(=O)(=O)C(C)(F)P)c2)[C@H]2C=C[C@H]1C2. The number of carbonyl (C=O) groups is 3. The van der Waals surface area contributed by atoms with Gasteiger partial charge in [-0.2, -0.15) is 0 Å². The molecule has 2 aliphatic rings. The number of amides is 2. The largest absolute Gasteiger partial charge is 0.496 e. The summed E-state index contributed by atoms with van der Waals surface area (Å²) in [4.78, 5) is 46.3. The minimum absolute atomic E-state index is 0.0890. The zero-order valence-corrected chi connectivity index (χ0v) is 31.2. The highest BCUT2D eigenvalue weighted by atomic mass is 32.2. The van der Waals surface area contributed by atoms with Crippen molar-refractivity contribution < 1.29 is 36.7 Å². The molecule has 1 saturated carbocycles. The first-order chi connectivity index (χ1) is 22.8. The number of esters is 1. The number of rotatable bonds is 9. The summed E-state index contributed by atoms with van der Waals surface area (Å²) in [6.07, 6.45) is 6.16. The number of anilines is 1. The van der Waals surface area contributed by atoms with Crippen LogP contribution in [0, 0.1) is 17.8 Å². The Morgan fingerprint density at radius 3 is 2.39 bits per heavy atom. The molecule has 49 heavy (non-hydrogen) atoms. The third-order valence-corrected chi connectivity index (χ3v) is 12.0. The molecule has 1 aromatic heterocycles. The van der Waals surface area contributed by atoms with Crippen LogP contribution in [0.25, 0.3) is 11.1 Å². The molecule has 0 radical (unpaired) electrons. The van der Waals surface area contributed by atoms with Gasteiger partial charge in [0.15, 0.2) is 0 Å². The first-order valence-corrected chi connectivity index (χ1v) is 18.2. The number of fused-ring (bicyclic) bond motifs is 2. The van der Waals surface area contributed by atoms with Crippen molar-refractivity contribution in [2.45, 2.75) is 55.4 Å². The average Bonchev–Trinajstić information content (AvgIpc) is 3.65. The summed E-state index contributed by atoms with van der Waals surface area (Å²) in [5, 5.41) is 3.53. The number of hydrogen-bond acceptors (Lipinski definition) is 8. The van der Waals surface area contributed by atoms with Crippen LogP contribution in [0.2, 0.25) is 0 Å². The van der Waals surface area contributed by atoms with Crippen LogP contribution in [-0.4, -0.2) is 66.6 Å². The zero-order chi connectivity index (χ0) is 36.1. The minimum atomic E-state index is -4.33. The van der Waals surface area contributed by atoms with E-state index in [4.69, 9.17) is 9.47 Å². The molecule has 1 heterocycles. The van der Waals surface area contributed by atoms with Crippen LogP contribution in [0.4, 0.5) is 10.1 Å². The fourth-order valence-corrected chi connectivity index (χ4v) is 8.23. The predicted octanol–water partition coefficient (Wildman–Crippen LogP) is 5.41. The Kier molecular flexibility index (Phi) is 10.1. The van der Waals surface area contributed by atoms with Crippen molar-refractivity contribution in [1.29, 1.82) is 0 Å². The van der Waals surface area contributed by atoms with Crippen LogP contribution in [0.5, 0.6) is 5.75 Å². The van der Waals surface area contributed by atoms with Crippen molar-refractivity contribution in [3.05, 3.63) is 78.1 Å². The summed E-state index contributed by atoms with van der Waals surface area (Å²) < 4.78 is 48.4. The molecule has 3 aromatic rings. The lowest BCUT2D eigenvalue weighted by Gasteiger charge is -2.35. The Morgan fingerprint density at radius 2 is 1.73 bits per heavy atom. The molecule has 1 N–H and O–H groups in total. The topological polar surface area (TPSA) is 132 Å². The van der Waals surface area contributed by atoms with E-state index in [0.29, 0.717) is 23.3 Å². The molecular weight excluding hydrogens is 687 g/mol. The standard InChI is InChI=1S/C35H40FN3O7P2S/c1-34(2,3)46-33(42)26-15-19(12-13-37-26)24-17-25(27(45-6)18-28(24)47)32(41)39(5)30-21-11-10-20(14-21)29(30)31(40)38-22-8-7-9-23(16-22)49(43,44)35(4,36)48/h7-13,15-18,20-21,29-30H,14,47-48H2,1-6H3,(H,38,40)/t20-,21-,29-,30+,35?/m0/s1. The third kappa shape index (κ3) is 7.42. The second kappa shape index (κ2) is 13.5. The fourth-order valence-electron chi connectivity index (χ4n) is 6.42. The molecule has 0 saturated heterocycles. The number of halogens is 1. The van der Waals surface area contributed by atoms with Gasteiger partial charge >= 0.3 is 5.97 Å². The van der Waals surface area contributed by atoms with Gasteiger partial charge in [-0.15, -0.1) is 9.24 Å². The Bertz CT molecular complexity index is 1960. The number of nitrogens with zero attached hydrogens (tertiary/aromatic N) is 2. The van der Waals surface area contributed by atoms with E-state index < -0.39 is 38.1 Å². The van der Waals surface area contributed by atoms with Crippen LogP contribution in [0.1, 0.15) is 55.0 Å². The summed E-state index contributed by atoms with van der Waals surface area (Å²) in [6, 6.07) is 11.7. The molecule has 7 atom stereocenters. The summed E-state index contributed by atoms with van der Waals surface area (Å²) in [6.45, 7) is 6.24. The van der Waals surface area contributed by atoms with Gasteiger partial charge in [0.05, 0.1) is 29.5 Å². The van der Waals surface area contributed by atoms with Crippen molar-refractivity contribution in [3.8, 4) is 16.9 Å². The van der Waals surface area contributed by atoms with Gasteiger partial charge in [-0.3, -0.25) is 9.59 Å². The van der Waals surface area contributed by atoms with Crippen molar-refractivity contribution in [1.82, 2.24) is 9.88 Å². The number of methoxy groups -OCH3 is 1. The Morgan fingerprint density at radius 1 is 1.04 bits per heavy atom. The van der Waals surface area contributed by atoms with Crippen molar-refractivity contribution in [2.75, 3.05) is 19.5 Å². The Balaban J connectivity index is 1.44. The summed E-state index contributed by atoms with van der Waals surface area (Å²) in [5.74, 6) is -1.87. The zero-order valence-electron chi connectivity index (χ0n) is 28.1. The first kappa shape index (κ1) is 36.6. The molecule has 3 unspecified atom stereocenters. The number of benzene rings is 2. The maximum atomic E-state index is 14.5. The third-order valence-electron chi connectivity index (χ3n) is 8.71. The van der Waals surface area contributed by atoms with E-state index in [2.05, 4.69) is 19.5 Å². The second-order valence-electron chi connectivity index (χ2n) is 13.5. The monoisotopic (exact) mass is 727 g/mol. The number of hydrogen-bond donors (Lipinski definition) is 1. The molecule has 2 aliphatic carbocycles. The number of sulfone groups is 1. The Labute approximate surface area is 290 Å². The van der Waals surface area contributed by atoms with E-state index in [1.54, 1.807) is 66.2 Å². The average molecular weight is 728 g/mol. The van der Waals surface area contributed by atoms with Gasteiger partial charge in [0.2, 0.25) is 20.5 Å². The van der Waals surface area contributed by atoms with Crippen LogP contribution in [-0.2, 0) is 19.4 Å². The molecular formula is C35H40FN3O7P2S. The molecule has 5 rings (SSSR count). The van der Waals surface area contributed by atoms with Gasteiger partial charge in [0, 0.05) is 18.9 Å². The smallest absolute Gasteiger partial charge is 0.357 e. The molecule has 2 bridgehead atoms. The van der Waals surface area contributed by atoms with Crippen LogP contribution < -0.4 is 15.4 Å². The molecule has 14 heteroatoms. The van der Waals surface area contributed by atoms with E-state index in [9.17, 15) is 27.2 Å². The quantitative estimate of drug-likeness (QED) is 0.176. The minimum Gasteiger partial charge on any atom is -0.496 e. The highest BCUT2D eigenvalue weighted by molar-refractivity contribution is 7.96. The van der Waals surface area contributed by atoms with Gasteiger partial charge in [0.1, 0.15) is 17.0 Å². The highest BCUT2D eigenvalue weighted by Crippen LogP contribution is 2.47. The van der Waals surface area contributed by atoms with E-state index in [1.807, 2.05) is 12.2 Å². The van der Waals surface area contributed by atoms with Crippen molar-refractivity contribution >= 4 is 57.1 Å². The molecule has 1 fully saturated rings. The van der Waals surface area contributed by atoms with E-state index in [-0.39, 0.29) is 45.5 Å².